The first-order chi connectivity index (χ1) is 9.11. The zero-order valence-electron chi connectivity index (χ0n) is 10.9. The molecule has 0 saturated heterocycles. The second-order valence-electron chi connectivity index (χ2n) is 4.27. The Hall–Kier alpha value is -1.32. The van der Waals surface area contributed by atoms with Gasteiger partial charge in [-0.15, -0.1) is 11.3 Å². The molecule has 0 aliphatic heterocycles. The number of ether oxygens (including phenoxy) is 1. The van der Waals surface area contributed by atoms with Crippen LogP contribution in [0, 0.1) is 6.92 Å². The van der Waals surface area contributed by atoms with E-state index in [4.69, 9.17) is 16.3 Å². The summed E-state index contributed by atoms with van der Waals surface area (Å²) < 4.78 is 6.20. The van der Waals surface area contributed by atoms with E-state index in [-0.39, 0.29) is 5.78 Å². The highest BCUT2D eigenvalue weighted by molar-refractivity contribution is 7.18. The first-order valence-corrected chi connectivity index (χ1v) is 7.34. The van der Waals surface area contributed by atoms with Gasteiger partial charge in [-0.1, -0.05) is 30.7 Å². The Morgan fingerprint density at radius 3 is 2.79 bits per heavy atom. The molecule has 0 unspecified atom stereocenters. The number of hydrogen-bond acceptors (Lipinski definition) is 3. The van der Waals surface area contributed by atoms with Crippen LogP contribution in [-0.2, 0) is 0 Å². The van der Waals surface area contributed by atoms with Crippen molar-refractivity contribution in [2.45, 2.75) is 20.3 Å². The Balaban J connectivity index is 2.23. The minimum absolute atomic E-state index is 0.0121. The van der Waals surface area contributed by atoms with E-state index in [1.54, 1.807) is 12.1 Å². The number of carbonyl (C=O) groups excluding carboxylic acids is 1. The standard InChI is InChI=1S/C15H15ClO2S/c1-3-7-18-12-6-4-5-11(9-12)14(17)13-8-10(2)15(16)19-13/h4-6,8-9H,3,7H2,1-2H3. The summed E-state index contributed by atoms with van der Waals surface area (Å²) in [7, 11) is 0. The summed E-state index contributed by atoms with van der Waals surface area (Å²) in [6, 6.07) is 9.10. The summed E-state index contributed by atoms with van der Waals surface area (Å²) in [4.78, 5) is 13.0. The summed E-state index contributed by atoms with van der Waals surface area (Å²) in [6.45, 7) is 4.60. The van der Waals surface area contributed by atoms with Gasteiger partial charge in [-0.25, -0.2) is 0 Å². The van der Waals surface area contributed by atoms with Gasteiger partial charge < -0.3 is 4.74 Å². The topological polar surface area (TPSA) is 26.3 Å². The zero-order chi connectivity index (χ0) is 13.8. The molecule has 19 heavy (non-hydrogen) atoms. The van der Waals surface area contributed by atoms with Crippen molar-refractivity contribution in [3.05, 3.63) is 50.7 Å². The molecular formula is C15H15ClO2S. The van der Waals surface area contributed by atoms with E-state index >= 15 is 0 Å². The number of benzene rings is 1. The lowest BCUT2D eigenvalue weighted by Gasteiger charge is -2.05. The van der Waals surface area contributed by atoms with E-state index in [0.29, 0.717) is 21.4 Å². The Labute approximate surface area is 122 Å². The second-order valence-corrected chi connectivity index (χ2v) is 5.93. The maximum atomic E-state index is 12.3. The van der Waals surface area contributed by atoms with Gasteiger partial charge >= 0.3 is 0 Å². The first kappa shape index (κ1) is 14.1. The molecule has 0 atom stereocenters. The average Bonchev–Trinajstić information content (AvgIpc) is 2.76. The predicted molar refractivity (Wildman–Crippen MR) is 79.7 cm³/mol. The fraction of sp³-hybridized carbons (Fsp3) is 0.267. The van der Waals surface area contributed by atoms with Gasteiger partial charge in [0.2, 0.25) is 5.78 Å². The minimum atomic E-state index is -0.0121. The van der Waals surface area contributed by atoms with Crippen molar-refractivity contribution >= 4 is 28.7 Å². The van der Waals surface area contributed by atoms with Crippen LogP contribution >= 0.6 is 22.9 Å². The van der Waals surface area contributed by atoms with E-state index in [1.165, 1.54) is 11.3 Å². The molecule has 2 nitrogen and oxygen atoms in total. The molecule has 0 fully saturated rings. The van der Waals surface area contributed by atoms with Crippen molar-refractivity contribution in [3.8, 4) is 5.75 Å². The van der Waals surface area contributed by atoms with Gasteiger partial charge in [0.15, 0.2) is 0 Å². The second kappa shape index (κ2) is 6.22. The quantitative estimate of drug-likeness (QED) is 0.745. The van der Waals surface area contributed by atoms with Gasteiger partial charge in [-0.3, -0.25) is 4.79 Å². The number of hydrogen-bond donors (Lipinski definition) is 0. The van der Waals surface area contributed by atoms with Gasteiger partial charge in [0.1, 0.15) is 5.75 Å². The number of carbonyl (C=O) groups is 1. The first-order valence-electron chi connectivity index (χ1n) is 6.15. The Morgan fingerprint density at radius 2 is 2.16 bits per heavy atom. The van der Waals surface area contributed by atoms with Crippen LogP contribution in [0.15, 0.2) is 30.3 Å². The third kappa shape index (κ3) is 3.37. The molecular weight excluding hydrogens is 280 g/mol. The molecule has 1 aromatic carbocycles. The van der Waals surface area contributed by atoms with Crippen molar-refractivity contribution in [3.63, 3.8) is 0 Å². The zero-order valence-corrected chi connectivity index (χ0v) is 12.5. The van der Waals surface area contributed by atoms with Crippen LogP contribution < -0.4 is 4.74 Å². The van der Waals surface area contributed by atoms with Crippen LogP contribution in [-0.4, -0.2) is 12.4 Å². The van der Waals surface area contributed by atoms with Crippen molar-refractivity contribution in [2.75, 3.05) is 6.61 Å². The van der Waals surface area contributed by atoms with Crippen LogP contribution in [0.1, 0.15) is 34.1 Å². The van der Waals surface area contributed by atoms with Crippen molar-refractivity contribution in [1.82, 2.24) is 0 Å². The molecule has 0 bridgehead atoms. The van der Waals surface area contributed by atoms with Crippen LogP contribution in [0.3, 0.4) is 0 Å². The lowest BCUT2D eigenvalue weighted by Crippen LogP contribution is -2.00. The Kier molecular flexibility index (Phi) is 4.61. The SMILES string of the molecule is CCCOc1cccc(C(=O)c2cc(C)c(Cl)s2)c1. The molecule has 2 aromatic rings. The number of halogens is 1. The highest BCUT2D eigenvalue weighted by Gasteiger charge is 2.14. The van der Waals surface area contributed by atoms with Crippen molar-refractivity contribution in [2.24, 2.45) is 0 Å². The minimum Gasteiger partial charge on any atom is -0.494 e. The molecule has 0 N–H and O–H groups in total. The predicted octanol–water partition coefficient (Wildman–Crippen LogP) is 4.73. The van der Waals surface area contributed by atoms with E-state index in [0.717, 1.165) is 17.7 Å². The number of rotatable bonds is 5. The van der Waals surface area contributed by atoms with Gasteiger partial charge in [0.05, 0.1) is 15.8 Å². The van der Waals surface area contributed by atoms with Crippen LogP contribution in [0.4, 0.5) is 0 Å². The number of thiophene rings is 1. The fourth-order valence-electron chi connectivity index (χ4n) is 1.66. The van der Waals surface area contributed by atoms with Gasteiger partial charge in [-0.05, 0) is 37.1 Å². The summed E-state index contributed by atoms with van der Waals surface area (Å²) in [5, 5.41) is 0. The summed E-state index contributed by atoms with van der Waals surface area (Å²) in [6.07, 6.45) is 0.942. The molecule has 0 amide bonds. The summed E-state index contributed by atoms with van der Waals surface area (Å²) in [5.41, 5.74) is 1.57. The van der Waals surface area contributed by atoms with Crippen LogP contribution in [0.2, 0.25) is 4.34 Å². The van der Waals surface area contributed by atoms with E-state index < -0.39 is 0 Å². The van der Waals surface area contributed by atoms with Crippen molar-refractivity contribution < 1.29 is 9.53 Å². The molecule has 0 aliphatic rings. The molecule has 100 valence electrons. The Bertz CT molecular complexity index is 570. The maximum absolute atomic E-state index is 12.3. The third-order valence-electron chi connectivity index (χ3n) is 2.65. The molecule has 1 heterocycles. The molecule has 4 heteroatoms. The Morgan fingerprint density at radius 1 is 1.37 bits per heavy atom. The number of ketones is 1. The fourth-order valence-corrected chi connectivity index (χ4v) is 2.82. The van der Waals surface area contributed by atoms with E-state index in [9.17, 15) is 4.79 Å². The van der Waals surface area contributed by atoms with Crippen LogP contribution in [0.5, 0.6) is 5.75 Å². The molecule has 0 radical (unpaired) electrons. The molecule has 1 aromatic heterocycles. The highest BCUT2D eigenvalue weighted by Crippen LogP contribution is 2.29. The van der Waals surface area contributed by atoms with Crippen LogP contribution in [0.25, 0.3) is 0 Å². The van der Waals surface area contributed by atoms with Gasteiger partial charge in [0.25, 0.3) is 0 Å². The molecule has 0 aliphatic carbocycles. The molecule has 0 saturated carbocycles. The molecule has 2 rings (SSSR count). The molecule has 0 spiro atoms. The smallest absolute Gasteiger partial charge is 0.203 e. The largest absolute Gasteiger partial charge is 0.494 e. The number of aryl methyl sites for hydroxylation is 1. The lowest BCUT2D eigenvalue weighted by atomic mass is 10.1. The maximum Gasteiger partial charge on any atom is 0.203 e. The highest BCUT2D eigenvalue weighted by atomic mass is 35.5. The normalized spacial score (nSPS) is 10.5. The van der Waals surface area contributed by atoms with Crippen molar-refractivity contribution in [1.29, 1.82) is 0 Å². The average molecular weight is 295 g/mol. The van der Waals surface area contributed by atoms with Gasteiger partial charge in [-0.2, -0.15) is 0 Å². The van der Waals surface area contributed by atoms with Gasteiger partial charge in [0, 0.05) is 5.56 Å². The summed E-state index contributed by atoms with van der Waals surface area (Å²) >= 11 is 7.32. The summed E-state index contributed by atoms with van der Waals surface area (Å²) in [5.74, 6) is 0.717. The lowest BCUT2D eigenvalue weighted by molar-refractivity contribution is 0.104. The monoisotopic (exact) mass is 294 g/mol. The van der Waals surface area contributed by atoms with E-state index in [1.807, 2.05) is 32.0 Å². The third-order valence-corrected chi connectivity index (χ3v) is 4.20. The van der Waals surface area contributed by atoms with E-state index in [2.05, 4.69) is 0 Å².